The Morgan fingerprint density at radius 1 is 1.07 bits per heavy atom. The topological polar surface area (TPSA) is 85.4 Å². The molecule has 0 unspecified atom stereocenters. The van der Waals surface area contributed by atoms with Crippen LogP contribution in [0, 0.1) is 0 Å². The van der Waals surface area contributed by atoms with Gasteiger partial charge in [-0.05, 0) is 19.1 Å². The highest BCUT2D eigenvalue weighted by atomic mass is 32.1. The molecule has 142 valence electrons. The first kappa shape index (κ1) is 19.4. The summed E-state index contributed by atoms with van der Waals surface area (Å²) < 4.78 is 5.02. The normalized spacial score (nSPS) is 10.3. The van der Waals surface area contributed by atoms with Gasteiger partial charge >= 0.3 is 5.97 Å². The quantitative estimate of drug-likeness (QED) is 0.487. The van der Waals surface area contributed by atoms with E-state index in [1.54, 1.807) is 29.6 Å². The average Bonchev–Trinajstić information content (AvgIpc) is 3.16. The Hall–Kier alpha value is -3.32. The Morgan fingerprint density at radius 2 is 1.86 bits per heavy atom. The fourth-order valence-corrected chi connectivity index (χ4v) is 3.29. The molecule has 0 fully saturated rings. The molecule has 1 N–H and O–H groups in total. The summed E-state index contributed by atoms with van der Waals surface area (Å²) in [6, 6.07) is 16.2. The van der Waals surface area contributed by atoms with Crippen LogP contribution in [0.3, 0.4) is 0 Å². The van der Waals surface area contributed by atoms with Crippen molar-refractivity contribution in [2.45, 2.75) is 13.3 Å². The van der Waals surface area contributed by atoms with Gasteiger partial charge in [0, 0.05) is 22.2 Å². The van der Waals surface area contributed by atoms with Gasteiger partial charge in [0.25, 0.3) is 5.91 Å². The lowest BCUT2D eigenvalue weighted by Crippen LogP contribution is -2.21. The van der Waals surface area contributed by atoms with Crippen LogP contribution < -0.4 is 5.32 Å². The van der Waals surface area contributed by atoms with Gasteiger partial charge in [-0.25, -0.2) is 4.98 Å². The van der Waals surface area contributed by atoms with Crippen LogP contribution in [-0.2, 0) is 20.7 Å². The summed E-state index contributed by atoms with van der Waals surface area (Å²) in [5, 5.41) is 5.23. The molecular weight excluding hydrogens is 376 g/mol. The second-order valence-corrected chi connectivity index (χ2v) is 6.89. The zero-order valence-electron chi connectivity index (χ0n) is 15.2. The molecule has 0 radical (unpaired) electrons. The average molecular weight is 394 g/mol. The number of hydrogen-bond acceptors (Lipinski definition) is 6. The third kappa shape index (κ3) is 5.34. The zero-order chi connectivity index (χ0) is 19.9. The van der Waals surface area contributed by atoms with E-state index in [9.17, 15) is 14.4 Å². The highest BCUT2D eigenvalue weighted by molar-refractivity contribution is 7.13. The van der Waals surface area contributed by atoms with Crippen LogP contribution in [0.5, 0.6) is 0 Å². The number of hydrogen-bond donors (Lipinski definition) is 1. The fourth-order valence-electron chi connectivity index (χ4n) is 2.46. The highest BCUT2D eigenvalue weighted by Crippen LogP contribution is 2.23. The third-order valence-corrected chi connectivity index (χ3v) is 4.76. The number of benzene rings is 2. The van der Waals surface area contributed by atoms with Gasteiger partial charge in [0.05, 0.1) is 12.1 Å². The maximum absolute atomic E-state index is 12.0. The van der Waals surface area contributed by atoms with Crippen LogP contribution >= 0.6 is 11.3 Å². The van der Waals surface area contributed by atoms with Crippen molar-refractivity contribution in [2.24, 2.45) is 0 Å². The first-order valence-corrected chi connectivity index (χ1v) is 9.45. The van der Waals surface area contributed by atoms with Gasteiger partial charge in [0.1, 0.15) is 5.01 Å². The van der Waals surface area contributed by atoms with Crippen LogP contribution in [-0.4, -0.2) is 29.3 Å². The summed E-state index contributed by atoms with van der Waals surface area (Å²) in [5.41, 5.74) is 2.55. The number of Topliss-reactive ketones (excluding diaryl/α,β-unsaturated/α-hetero) is 1. The Bertz CT molecular complexity index is 998. The molecule has 1 aromatic heterocycles. The van der Waals surface area contributed by atoms with Crippen molar-refractivity contribution in [1.29, 1.82) is 0 Å². The SMILES string of the molecule is CC(=O)c1cccc(NC(=O)COC(=O)Cc2csc(-c3ccccc3)n2)c1. The molecule has 0 aliphatic carbocycles. The van der Waals surface area contributed by atoms with Crippen LogP contribution in [0.1, 0.15) is 23.0 Å². The molecule has 1 amide bonds. The van der Waals surface area contributed by atoms with Gasteiger partial charge in [0.2, 0.25) is 0 Å². The number of ketones is 1. The van der Waals surface area contributed by atoms with Crippen molar-refractivity contribution in [3.8, 4) is 10.6 Å². The number of esters is 1. The van der Waals surface area contributed by atoms with E-state index in [2.05, 4.69) is 10.3 Å². The van der Waals surface area contributed by atoms with Crippen molar-refractivity contribution in [3.05, 3.63) is 71.2 Å². The predicted molar refractivity (Wildman–Crippen MR) is 107 cm³/mol. The number of carbonyl (C=O) groups is 3. The summed E-state index contributed by atoms with van der Waals surface area (Å²) in [6.45, 7) is 1.04. The second-order valence-electron chi connectivity index (χ2n) is 6.03. The number of ether oxygens (including phenoxy) is 1. The summed E-state index contributed by atoms with van der Waals surface area (Å²) in [5.74, 6) is -1.10. The van der Waals surface area contributed by atoms with Crippen LogP contribution in [0.4, 0.5) is 5.69 Å². The lowest BCUT2D eigenvalue weighted by atomic mass is 10.1. The summed E-state index contributed by atoms with van der Waals surface area (Å²) in [4.78, 5) is 39.7. The van der Waals surface area contributed by atoms with Gasteiger partial charge in [-0.2, -0.15) is 0 Å². The van der Waals surface area contributed by atoms with Gasteiger partial charge < -0.3 is 10.1 Å². The Morgan fingerprint density at radius 3 is 2.61 bits per heavy atom. The summed E-state index contributed by atoms with van der Waals surface area (Å²) in [7, 11) is 0. The zero-order valence-corrected chi connectivity index (χ0v) is 16.0. The molecule has 1 heterocycles. The molecule has 0 spiro atoms. The molecule has 3 aromatic rings. The molecule has 0 bridgehead atoms. The molecule has 28 heavy (non-hydrogen) atoms. The van der Waals surface area contributed by atoms with Crippen molar-refractivity contribution >= 4 is 34.7 Å². The summed E-state index contributed by atoms with van der Waals surface area (Å²) in [6.07, 6.45) is -0.00354. The lowest BCUT2D eigenvalue weighted by Gasteiger charge is -2.07. The van der Waals surface area contributed by atoms with E-state index in [-0.39, 0.29) is 12.2 Å². The molecule has 6 nitrogen and oxygen atoms in total. The second kappa shape index (κ2) is 9.05. The Balaban J connectivity index is 1.49. The molecule has 0 aliphatic heterocycles. The molecule has 3 rings (SSSR count). The van der Waals surface area contributed by atoms with Crippen molar-refractivity contribution in [3.63, 3.8) is 0 Å². The third-order valence-electron chi connectivity index (χ3n) is 3.82. The lowest BCUT2D eigenvalue weighted by molar-refractivity contribution is -0.146. The number of anilines is 1. The van der Waals surface area contributed by atoms with E-state index in [0.29, 0.717) is 16.9 Å². The van der Waals surface area contributed by atoms with Crippen molar-refractivity contribution < 1.29 is 19.1 Å². The van der Waals surface area contributed by atoms with Crippen LogP contribution in [0.25, 0.3) is 10.6 Å². The minimum Gasteiger partial charge on any atom is -0.455 e. The smallest absolute Gasteiger partial charge is 0.312 e. The van der Waals surface area contributed by atoms with Crippen molar-refractivity contribution in [2.75, 3.05) is 11.9 Å². The van der Waals surface area contributed by atoms with E-state index in [1.807, 2.05) is 30.3 Å². The number of nitrogens with one attached hydrogen (secondary N) is 1. The van der Waals surface area contributed by atoms with Gasteiger partial charge in [-0.1, -0.05) is 42.5 Å². The molecular formula is C21H18N2O4S. The molecule has 7 heteroatoms. The number of nitrogens with zero attached hydrogens (tertiary/aromatic N) is 1. The number of aromatic nitrogens is 1. The van der Waals surface area contributed by atoms with Gasteiger partial charge in [-0.3, -0.25) is 14.4 Å². The standard InChI is InChI=1S/C21H18N2O4S/c1-14(24)16-8-5-9-17(10-16)22-19(25)12-27-20(26)11-18-13-28-21(23-18)15-6-3-2-4-7-15/h2-10,13H,11-12H2,1H3,(H,22,25). The van der Waals surface area contributed by atoms with E-state index >= 15 is 0 Å². The number of carbonyl (C=O) groups excluding carboxylic acids is 3. The number of rotatable bonds is 7. The molecule has 0 aliphatic rings. The van der Waals surface area contributed by atoms with Gasteiger partial charge in [0.15, 0.2) is 12.4 Å². The predicted octanol–water partition coefficient (Wildman–Crippen LogP) is 3.74. The summed E-state index contributed by atoms with van der Waals surface area (Å²) >= 11 is 1.45. The number of amides is 1. The van der Waals surface area contributed by atoms with E-state index in [1.165, 1.54) is 18.3 Å². The largest absolute Gasteiger partial charge is 0.455 e. The fraction of sp³-hybridized carbons (Fsp3) is 0.143. The Kier molecular flexibility index (Phi) is 6.29. The van der Waals surface area contributed by atoms with Gasteiger partial charge in [-0.15, -0.1) is 11.3 Å². The maximum atomic E-state index is 12.0. The van der Waals surface area contributed by atoms with Crippen LogP contribution in [0.2, 0.25) is 0 Å². The molecule has 0 saturated carbocycles. The van der Waals surface area contributed by atoms with E-state index < -0.39 is 18.5 Å². The van der Waals surface area contributed by atoms with E-state index in [4.69, 9.17) is 4.74 Å². The Labute approximate surface area is 166 Å². The first-order chi connectivity index (χ1) is 13.5. The maximum Gasteiger partial charge on any atom is 0.312 e. The molecule has 0 saturated heterocycles. The minimum absolute atomic E-state index is 0.00354. The monoisotopic (exact) mass is 394 g/mol. The van der Waals surface area contributed by atoms with Crippen LogP contribution in [0.15, 0.2) is 60.0 Å². The molecule has 0 atom stereocenters. The van der Waals surface area contributed by atoms with E-state index in [0.717, 1.165) is 10.6 Å². The first-order valence-electron chi connectivity index (χ1n) is 8.57. The highest BCUT2D eigenvalue weighted by Gasteiger charge is 2.12. The van der Waals surface area contributed by atoms with Crippen molar-refractivity contribution in [1.82, 2.24) is 4.98 Å². The number of thiazole rings is 1. The minimum atomic E-state index is -0.530. The molecule has 2 aromatic carbocycles.